The molecule has 0 saturated carbocycles. The van der Waals surface area contributed by atoms with Gasteiger partial charge in [-0.1, -0.05) is 15.9 Å². The van der Waals surface area contributed by atoms with E-state index in [4.69, 9.17) is 0 Å². The Morgan fingerprint density at radius 1 is 1.50 bits per heavy atom. The van der Waals surface area contributed by atoms with Gasteiger partial charge in [0.15, 0.2) is 0 Å². The number of nitrogens with zero attached hydrogens (tertiary/aromatic N) is 1. The van der Waals surface area contributed by atoms with E-state index in [-0.39, 0.29) is 0 Å². The van der Waals surface area contributed by atoms with Gasteiger partial charge in [0.1, 0.15) is 0 Å². The van der Waals surface area contributed by atoms with Crippen LogP contribution in [0.25, 0.3) is 0 Å². The minimum absolute atomic E-state index is 0.605. The van der Waals surface area contributed by atoms with E-state index in [9.17, 15) is 0 Å². The van der Waals surface area contributed by atoms with E-state index in [0.29, 0.717) is 6.04 Å². The first-order valence-electron chi connectivity index (χ1n) is 4.66. The fourth-order valence-electron chi connectivity index (χ4n) is 1.27. The number of hydrogen-bond acceptors (Lipinski definition) is 2. The summed E-state index contributed by atoms with van der Waals surface area (Å²) in [6, 6.07) is 2.81. The highest BCUT2D eigenvalue weighted by Crippen LogP contribution is 2.21. The first kappa shape index (κ1) is 12.7. The summed E-state index contributed by atoms with van der Waals surface area (Å²) in [6.45, 7) is 6.64. The highest BCUT2D eigenvalue weighted by atomic mass is 79.9. The van der Waals surface area contributed by atoms with Gasteiger partial charge >= 0.3 is 0 Å². The average molecular weight is 341 g/mol. The molecule has 0 radical (unpaired) electrons. The second-order valence-electron chi connectivity index (χ2n) is 3.48. The van der Waals surface area contributed by atoms with Crippen molar-refractivity contribution in [2.45, 2.75) is 26.4 Å². The van der Waals surface area contributed by atoms with Gasteiger partial charge in [-0.25, -0.2) is 0 Å². The molecule has 0 N–H and O–H groups in total. The summed E-state index contributed by atoms with van der Waals surface area (Å²) in [6.07, 6.45) is 0. The smallest absolute Gasteiger partial charge is 0.0331 e. The van der Waals surface area contributed by atoms with Gasteiger partial charge in [-0.3, -0.25) is 4.90 Å². The zero-order valence-electron chi connectivity index (χ0n) is 8.46. The molecule has 80 valence electrons. The molecule has 0 unspecified atom stereocenters. The minimum Gasteiger partial charge on any atom is -0.295 e. The molecule has 14 heavy (non-hydrogen) atoms. The van der Waals surface area contributed by atoms with Crippen LogP contribution in [0.4, 0.5) is 0 Å². The molecule has 0 amide bonds. The summed E-state index contributed by atoms with van der Waals surface area (Å²) in [5.74, 6) is 0. The van der Waals surface area contributed by atoms with Crippen molar-refractivity contribution in [1.29, 1.82) is 0 Å². The van der Waals surface area contributed by atoms with Gasteiger partial charge in [-0.2, -0.15) is 0 Å². The normalized spacial score (nSPS) is 11.6. The SMILES string of the molecule is CC(C)N(CCBr)Cc1cc(Br)cs1. The fraction of sp³-hybridized carbons (Fsp3) is 0.600. The van der Waals surface area contributed by atoms with E-state index in [1.54, 1.807) is 0 Å². The maximum atomic E-state index is 3.49. The van der Waals surface area contributed by atoms with Crippen LogP contribution in [0.3, 0.4) is 0 Å². The van der Waals surface area contributed by atoms with E-state index < -0.39 is 0 Å². The van der Waals surface area contributed by atoms with Crippen molar-refractivity contribution in [2.75, 3.05) is 11.9 Å². The van der Waals surface area contributed by atoms with E-state index in [2.05, 4.69) is 62.1 Å². The molecule has 0 spiro atoms. The lowest BCUT2D eigenvalue weighted by Crippen LogP contribution is -2.31. The Bertz CT molecular complexity index is 273. The number of thiophene rings is 1. The molecule has 0 bridgehead atoms. The molecule has 1 nitrogen and oxygen atoms in total. The minimum atomic E-state index is 0.605. The number of alkyl halides is 1. The van der Waals surface area contributed by atoms with Gasteiger partial charge in [0.25, 0.3) is 0 Å². The van der Waals surface area contributed by atoms with Crippen LogP contribution in [-0.2, 0) is 6.54 Å². The molecular weight excluding hydrogens is 326 g/mol. The lowest BCUT2D eigenvalue weighted by atomic mass is 10.3. The molecule has 0 aliphatic carbocycles. The van der Waals surface area contributed by atoms with Crippen LogP contribution in [0.15, 0.2) is 15.9 Å². The lowest BCUT2D eigenvalue weighted by Gasteiger charge is -2.24. The summed E-state index contributed by atoms with van der Waals surface area (Å²) in [5, 5.41) is 3.18. The molecule has 1 aromatic heterocycles. The van der Waals surface area contributed by atoms with Crippen LogP contribution >= 0.6 is 43.2 Å². The molecule has 0 aliphatic rings. The third-order valence-corrected chi connectivity index (χ3v) is 4.12. The Hall–Kier alpha value is 0.620. The van der Waals surface area contributed by atoms with Crippen LogP contribution in [0, 0.1) is 0 Å². The highest BCUT2D eigenvalue weighted by molar-refractivity contribution is 9.10. The Morgan fingerprint density at radius 2 is 2.21 bits per heavy atom. The average Bonchev–Trinajstić information content (AvgIpc) is 2.50. The molecule has 0 aliphatic heterocycles. The zero-order chi connectivity index (χ0) is 10.6. The van der Waals surface area contributed by atoms with Crippen molar-refractivity contribution < 1.29 is 0 Å². The molecule has 4 heteroatoms. The summed E-state index contributed by atoms with van der Waals surface area (Å²) in [4.78, 5) is 3.89. The Labute approximate surface area is 107 Å². The predicted octanol–water partition coefficient (Wildman–Crippen LogP) is 4.12. The van der Waals surface area contributed by atoms with Gasteiger partial charge in [0.2, 0.25) is 0 Å². The summed E-state index contributed by atoms with van der Waals surface area (Å²) < 4.78 is 1.19. The third-order valence-electron chi connectivity index (χ3n) is 2.08. The molecule has 0 atom stereocenters. The van der Waals surface area contributed by atoms with E-state index in [0.717, 1.165) is 18.4 Å². The van der Waals surface area contributed by atoms with Gasteiger partial charge in [-0.15, -0.1) is 11.3 Å². The van der Waals surface area contributed by atoms with E-state index in [1.807, 2.05) is 11.3 Å². The van der Waals surface area contributed by atoms with Crippen molar-refractivity contribution >= 4 is 43.2 Å². The van der Waals surface area contributed by atoms with Crippen LogP contribution in [0.2, 0.25) is 0 Å². The van der Waals surface area contributed by atoms with Gasteiger partial charge in [0.05, 0.1) is 0 Å². The van der Waals surface area contributed by atoms with Crippen molar-refractivity contribution in [1.82, 2.24) is 4.90 Å². The van der Waals surface area contributed by atoms with Crippen LogP contribution in [0.5, 0.6) is 0 Å². The molecule has 1 aromatic rings. The summed E-state index contributed by atoms with van der Waals surface area (Å²) >= 11 is 8.79. The summed E-state index contributed by atoms with van der Waals surface area (Å²) in [7, 11) is 0. The van der Waals surface area contributed by atoms with Crippen molar-refractivity contribution in [3.8, 4) is 0 Å². The van der Waals surface area contributed by atoms with Crippen molar-refractivity contribution in [3.63, 3.8) is 0 Å². The Morgan fingerprint density at radius 3 is 2.64 bits per heavy atom. The molecule has 1 rings (SSSR count). The third kappa shape index (κ3) is 4.01. The molecular formula is C10H15Br2NS. The molecule has 0 saturated heterocycles. The van der Waals surface area contributed by atoms with Gasteiger partial charge in [0, 0.05) is 39.2 Å². The van der Waals surface area contributed by atoms with Crippen molar-refractivity contribution in [2.24, 2.45) is 0 Å². The monoisotopic (exact) mass is 339 g/mol. The standard InChI is InChI=1S/C10H15Br2NS/c1-8(2)13(4-3-11)6-10-5-9(12)7-14-10/h5,7-8H,3-4,6H2,1-2H3. The predicted molar refractivity (Wildman–Crippen MR) is 71.4 cm³/mol. The fourth-order valence-corrected chi connectivity index (χ4v) is 3.20. The highest BCUT2D eigenvalue weighted by Gasteiger charge is 2.10. The maximum Gasteiger partial charge on any atom is 0.0331 e. The van der Waals surface area contributed by atoms with Crippen LogP contribution in [-0.4, -0.2) is 22.8 Å². The first-order chi connectivity index (χ1) is 6.63. The summed E-state index contributed by atoms with van der Waals surface area (Å²) in [5.41, 5.74) is 0. The molecule has 0 fully saturated rings. The van der Waals surface area contributed by atoms with Crippen LogP contribution < -0.4 is 0 Å². The molecule has 0 aromatic carbocycles. The Balaban J connectivity index is 2.55. The van der Waals surface area contributed by atoms with Crippen molar-refractivity contribution in [3.05, 3.63) is 20.8 Å². The second-order valence-corrected chi connectivity index (χ2v) is 6.19. The van der Waals surface area contributed by atoms with E-state index >= 15 is 0 Å². The second kappa shape index (κ2) is 6.26. The zero-order valence-corrected chi connectivity index (χ0v) is 12.5. The molecule has 1 heterocycles. The maximum absolute atomic E-state index is 3.49. The quantitative estimate of drug-likeness (QED) is 0.729. The number of hydrogen-bond donors (Lipinski definition) is 0. The van der Waals surface area contributed by atoms with Gasteiger partial charge in [-0.05, 0) is 35.8 Å². The van der Waals surface area contributed by atoms with Gasteiger partial charge < -0.3 is 0 Å². The Kier molecular flexibility index (Phi) is 5.67. The largest absolute Gasteiger partial charge is 0.295 e. The van der Waals surface area contributed by atoms with Crippen LogP contribution in [0.1, 0.15) is 18.7 Å². The van der Waals surface area contributed by atoms with E-state index in [1.165, 1.54) is 9.35 Å². The topological polar surface area (TPSA) is 3.24 Å². The number of halogens is 2. The first-order valence-corrected chi connectivity index (χ1v) is 7.46. The lowest BCUT2D eigenvalue weighted by molar-refractivity contribution is 0.229. The number of rotatable bonds is 5.